The Morgan fingerprint density at radius 1 is 1.03 bits per heavy atom. The predicted octanol–water partition coefficient (Wildman–Crippen LogP) is 4.15. The number of nitrogens with one attached hydrogen (secondary N) is 1. The Morgan fingerprint density at radius 3 is 2.41 bits per heavy atom. The van der Waals surface area contributed by atoms with Crippen LogP contribution in [0.4, 0.5) is 18.9 Å². The Balaban J connectivity index is 1.40. The maximum absolute atomic E-state index is 13.1. The first-order valence-electron chi connectivity index (χ1n) is 9.65. The molecular formula is C22H21F3N2O2. The van der Waals surface area contributed by atoms with Crippen LogP contribution in [-0.4, -0.2) is 29.8 Å². The second kappa shape index (κ2) is 7.21. The first kappa shape index (κ1) is 19.5. The molecule has 0 bridgehead atoms. The number of carbonyl (C=O) groups excluding carboxylic acids is 2. The lowest BCUT2D eigenvalue weighted by Gasteiger charge is -2.38. The van der Waals surface area contributed by atoms with Crippen molar-refractivity contribution in [2.75, 3.05) is 18.4 Å². The van der Waals surface area contributed by atoms with Crippen LogP contribution in [0.3, 0.4) is 0 Å². The van der Waals surface area contributed by atoms with E-state index in [-0.39, 0.29) is 30.2 Å². The van der Waals surface area contributed by atoms with Crippen LogP contribution in [0.15, 0.2) is 48.5 Å². The molecule has 2 aliphatic heterocycles. The summed E-state index contributed by atoms with van der Waals surface area (Å²) in [4.78, 5) is 26.9. The van der Waals surface area contributed by atoms with Crippen molar-refractivity contribution in [1.29, 1.82) is 0 Å². The summed E-state index contributed by atoms with van der Waals surface area (Å²) >= 11 is 0. The summed E-state index contributed by atoms with van der Waals surface area (Å²) in [6.45, 7) is 0.836. The minimum absolute atomic E-state index is 0.0167. The van der Waals surface area contributed by atoms with E-state index in [1.54, 1.807) is 11.0 Å². The predicted molar refractivity (Wildman–Crippen MR) is 102 cm³/mol. The number of benzene rings is 2. The monoisotopic (exact) mass is 402 g/mol. The van der Waals surface area contributed by atoms with E-state index >= 15 is 0 Å². The summed E-state index contributed by atoms with van der Waals surface area (Å²) < 4.78 is 39.4. The van der Waals surface area contributed by atoms with E-state index in [0.717, 1.165) is 17.3 Å². The number of anilines is 1. The van der Waals surface area contributed by atoms with Gasteiger partial charge in [0.15, 0.2) is 0 Å². The smallest absolute Gasteiger partial charge is 0.343 e. The first-order valence-corrected chi connectivity index (χ1v) is 9.65. The van der Waals surface area contributed by atoms with E-state index in [0.29, 0.717) is 25.9 Å². The average Bonchev–Trinajstić information content (AvgIpc) is 2.98. The van der Waals surface area contributed by atoms with Crippen molar-refractivity contribution >= 4 is 17.5 Å². The van der Waals surface area contributed by atoms with Crippen molar-refractivity contribution in [3.05, 3.63) is 65.2 Å². The van der Waals surface area contributed by atoms with Crippen LogP contribution >= 0.6 is 0 Å². The van der Waals surface area contributed by atoms with Crippen molar-refractivity contribution in [3.8, 4) is 0 Å². The maximum atomic E-state index is 13.1. The van der Waals surface area contributed by atoms with Gasteiger partial charge < -0.3 is 10.2 Å². The largest absolute Gasteiger partial charge is 0.416 e. The van der Waals surface area contributed by atoms with Gasteiger partial charge in [-0.1, -0.05) is 36.4 Å². The third-order valence-corrected chi connectivity index (χ3v) is 6.03. The second-order valence-corrected chi connectivity index (χ2v) is 7.62. The van der Waals surface area contributed by atoms with Gasteiger partial charge in [-0.25, -0.2) is 0 Å². The third-order valence-electron chi connectivity index (χ3n) is 6.03. The number of aryl methyl sites for hydroxylation is 1. The molecule has 0 unspecified atom stereocenters. The van der Waals surface area contributed by atoms with Gasteiger partial charge in [0.1, 0.15) is 0 Å². The van der Waals surface area contributed by atoms with Crippen molar-refractivity contribution in [2.24, 2.45) is 0 Å². The van der Waals surface area contributed by atoms with Crippen LogP contribution in [0.25, 0.3) is 0 Å². The number of carbonyl (C=O) groups is 2. The summed E-state index contributed by atoms with van der Waals surface area (Å²) in [5.74, 6) is -0.214. The number of fused-ring (bicyclic) bond motifs is 2. The van der Waals surface area contributed by atoms with Crippen LogP contribution in [0, 0.1) is 0 Å². The number of hydrogen-bond acceptors (Lipinski definition) is 2. The highest BCUT2D eigenvalue weighted by Gasteiger charge is 2.48. The first-order chi connectivity index (χ1) is 13.8. The standard InChI is InChI=1S/C22H21F3N2O2/c23-22(24,25)16-6-2-1-5-15(16)9-10-19(28)27-13-11-21(12-14-27)17-7-3-4-8-18(17)26-20(21)29/h1-8H,9-14H2,(H,26,29). The minimum atomic E-state index is -4.43. The van der Waals surface area contributed by atoms with Crippen LogP contribution in [0.5, 0.6) is 0 Å². The molecular weight excluding hydrogens is 381 g/mol. The molecule has 0 saturated carbocycles. The van der Waals surface area contributed by atoms with E-state index in [2.05, 4.69) is 5.32 Å². The van der Waals surface area contributed by atoms with E-state index in [9.17, 15) is 22.8 Å². The van der Waals surface area contributed by atoms with Gasteiger partial charge in [-0.3, -0.25) is 9.59 Å². The molecule has 0 atom stereocenters. The van der Waals surface area contributed by atoms with Crippen LogP contribution < -0.4 is 5.32 Å². The van der Waals surface area contributed by atoms with Crippen LogP contribution in [-0.2, 0) is 27.6 Å². The summed E-state index contributed by atoms with van der Waals surface area (Å²) in [6, 6.07) is 12.9. The highest BCUT2D eigenvalue weighted by molar-refractivity contribution is 6.06. The second-order valence-electron chi connectivity index (χ2n) is 7.62. The number of likely N-dealkylation sites (tertiary alicyclic amines) is 1. The SMILES string of the molecule is O=C(CCc1ccccc1C(F)(F)F)N1CCC2(CC1)C(=O)Nc1ccccc12. The molecule has 4 rings (SSSR count). The molecule has 0 radical (unpaired) electrons. The van der Waals surface area contributed by atoms with Gasteiger partial charge in [0.05, 0.1) is 11.0 Å². The number of para-hydroxylation sites is 1. The molecule has 1 spiro atoms. The Bertz CT molecular complexity index is 947. The topological polar surface area (TPSA) is 49.4 Å². The fourth-order valence-electron chi connectivity index (χ4n) is 4.42. The molecule has 2 amide bonds. The van der Waals surface area contributed by atoms with Crippen molar-refractivity contribution < 1.29 is 22.8 Å². The van der Waals surface area contributed by atoms with Crippen LogP contribution in [0.1, 0.15) is 36.0 Å². The summed E-state index contributed by atoms with van der Waals surface area (Å²) in [6.07, 6.45) is -3.34. The number of nitrogens with zero attached hydrogens (tertiary/aromatic N) is 1. The summed E-state index contributed by atoms with van der Waals surface area (Å²) in [5, 5.41) is 2.92. The fraction of sp³-hybridized carbons (Fsp3) is 0.364. The molecule has 1 saturated heterocycles. The number of rotatable bonds is 3. The van der Waals surface area contributed by atoms with Gasteiger partial charge in [-0.05, 0) is 42.5 Å². The van der Waals surface area contributed by atoms with E-state index < -0.39 is 17.2 Å². The molecule has 7 heteroatoms. The van der Waals surface area contributed by atoms with Gasteiger partial charge in [0.2, 0.25) is 11.8 Å². The number of amides is 2. The van der Waals surface area contributed by atoms with Gasteiger partial charge in [-0.2, -0.15) is 13.2 Å². The molecule has 29 heavy (non-hydrogen) atoms. The molecule has 2 aliphatic rings. The van der Waals surface area contributed by atoms with Crippen molar-refractivity contribution in [3.63, 3.8) is 0 Å². The van der Waals surface area contributed by atoms with E-state index in [1.807, 2.05) is 24.3 Å². The van der Waals surface area contributed by atoms with Gasteiger partial charge in [-0.15, -0.1) is 0 Å². The number of hydrogen-bond donors (Lipinski definition) is 1. The Morgan fingerprint density at radius 2 is 1.69 bits per heavy atom. The highest BCUT2D eigenvalue weighted by Crippen LogP contribution is 2.44. The zero-order valence-electron chi connectivity index (χ0n) is 15.8. The average molecular weight is 402 g/mol. The molecule has 4 nitrogen and oxygen atoms in total. The third kappa shape index (κ3) is 3.50. The number of piperidine rings is 1. The van der Waals surface area contributed by atoms with Crippen LogP contribution in [0.2, 0.25) is 0 Å². The lowest BCUT2D eigenvalue weighted by atomic mass is 9.73. The molecule has 2 aromatic rings. The Kier molecular flexibility index (Phi) is 4.84. The highest BCUT2D eigenvalue weighted by atomic mass is 19.4. The fourth-order valence-corrected chi connectivity index (χ4v) is 4.42. The maximum Gasteiger partial charge on any atom is 0.416 e. The molecule has 1 N–H and O–H groups in total. The Labute approximate surface area is 166 Å². The molecule has 0 aromatic heterocycles. The number of alkyl halides is 3. The van der Waals surface area contributed by atoms with E-state index in [1.165, 1.54) is 12.1 Å². The quantitative estimate of drug-likeness (QED) is 0.839. The number of halogens is 3. The summed E-state index contributed by atoms with van der Waals surface area (Å²) in [5.41, 5.74) is 0.615. The summed E-state index contributed by atoms with van der Waals surface area (Å²) in [7, 11) is 0. The van der Waals surface area contributed by atoms with Gasteiger partial charge in [0.25, 0.3) is 0 Å². The molecule has 152 valence electrons. The molecule has 2 aromatic carbocycles. The lowest BCUT2D eigenvalue weighted by Crippen LogP contribution is -2.48. The molecule has 1 fully saturated rings. The zero-order chi connectivity index (χ0) is 20.6. The zero-order valence-corrected chi connectivity index (χ0v) is 15.8. The Hall–Kier alpha value is -2.83. The van der Waals surface area contributed by atoms with E-state index in [4.69, 9.17) is 0 Å². The van der Waals surface area contributed by atoms with Crippen molar-refractivity contribution in [1.82, 2.24) is 4.90 Å². The molecule has 2 heterocycles. The van der Waals surface area contributed by atoms with Gasteiger partial charge in [0, 0.05) is 25.2 Å². The van der Waals surface area contributed by atoms with Crippen molar-refractivity contribution in [2.45, 2.75) is 37.3 Å². The van der Waals surface area contributed by atoms with Gasteiger partial charge >= 0.3 is 6.18 Å². The molecule has 0 aliphatic carbocycles. The normalized spacial score (nSPS) is 17.9. The lowest BCUT2D eigenvalue weighted by molar-refractivity contribution is -0.139. The minimum Gasteiger partial charge on any atom is -0.343 e.